The van der Waals surface area contributed by atoms with Crippen molar-refractivity contribution < 1.29 is 4.74 Å². The first kappa shape index (κ1) is 9.75. The molecule has 2 heteroatoms. The maximum atomic E-state index is 5.44. The van der Waals surface area contributed by atoms with E-state index in [2.05, 4.69) is 6.08 Å². The molecule has 1 rings (SSSR count). The maximum Gasteiger partial charge on any atom is 0.0608 e. The van der Waals surface area contributed by atoms with Crippen LogP contribution in [0.5, 0.6) is 0 Å². The van der Waals surface area contributed by atoms with Crippen molar-refractivity contribution in [3.05, 3.63) is 11.6 Å². The van der Waals surface area contributed by atoms with Crippen LogP contribution in [0.3, 0.4) is 0 Å². The summed E-state index contributed by atoms with van der Waals surface area (Å²) in [6.07, 6.45) is 8.63. The third-order valence-corrected chi connectivity index (χ3v) is 2.45. The van der Waals surface area contributed by atoms with E-state index in [1.54, 1.807) is 12.7 Å². The van der Waals surface area contributed by atoms with Crippen molar-refractivity contribution in [1.29, 1.82) is 0 Å². The Bertz CT molecular complexity index is 154. The second-order valence-corrected chi connectivity index (χ2v) is 3.39. The molecule has 0 spiro atoms. The molecule has 0 amide bonds. The molecule has 1 saturated carbocycles. The summed E-state index contributed by atoms with van der Waals surface area (Å²) in [6, 6.07) is 0. The van der Waals surface area contributed by atoms with E-state index < -0.39 is 0 Å². The van der Waals surface area contributed by atoms with Gasteiger partial charge in [0.25, 0.3) is 0 Å². The highest BCUT2D eigenvalue weighted by Gasteiger charge is 2.15. The zero-order valence-corrected chi connectivity index (χ0v) is 7.88. The molecular weight excluding hydrogens is 150 g/mol. The fraction of sp³-hybridized carbons (Fsp3) is 0.800. The van der Waals surface area contributed by atoms with Gasteiger partial charge in [0.15, 0.2) is 0 Å². The van der Waals surface area contributed by atoms with Gasteiger partial charge in [-0.3, -0.25) is 0 Å². The van der Waals surface area contributed by atoms with Gasteiger partial charge in [-0.1, -0.05) is 11.6 Å². The van der Waals surface area contributed by atoms with Crippen molar-refractivity contribution in [2.24, 2.45) is 5.73 Å². The van der Waals surface area contributed by atoms with Gasteiger partial charge in [0, 0.05) is 7.11 Å². The minimum Gasteiger partial charge on any atom is -0.381 e. The zero-order valence-electron chi connectivity index (χ0n) is 7.88. The average Bonchev–Trinajstić information content (AvgIpc) is 2.15. The Morgan fingerprint density at radius 2 is 2.50 bits per heavy atom. The Morgan fingerprint density at radius 3 is 3.17 bits per heavy atom. The van der Waals surface area contributed by atoms with E-state index in [4.69, 9.17) is 10.5 Å². The quantitative estimate of drug-likeness (QED) is 0.654. The van der Waals surface area contributed by atoms with Crippen molar-refractivity contribution in [2.45, 2.75) is 38.2 Å². The van der Waals surface area contributed by atoms with Crippen LogP contribution in [0, 0.1) is 0 Å². The first-order chi connectivity index (χ1) is 5.86. The van der Waals surface area contributed by atoms with Crippen LogP contribution in [-0.2, 0) is 4.74 Å². The number of hydrogen-bond donors (Lipinski definition) is 1. The second-order valence-electron chi connectivity index (χ2n) is 3.39. The van der Waals surface area contributed by atoms with E-state index in [1.807, 2.05) is 0 Å². The van der Waals surface area contributed by atoms with Gasteiger partial charge in [0.1, 0.15) is 0 Å². The number of rotatable bonds is 3. The molecule has 0 aromatic carbocycles. The smallest absolute Gasteiger partial charge is 0.0608 e. The molecule has 1 aliphatic rings. The largest absolute Gasteiger partial charge is 0.381 e. The number of nitrogens with two attached hydrogens (primary N) is 1. The molecule has 0 bridgehead atoms. The summed E-state index contributed by atoms with van der Waals surface area (Å²) in [5.74, 6) is 0. The van der Waals surface area contributed by atoms with Crippen molar-refractivity contribution >= 4 is 0 Å². The van der Waals surface area contributed by atoms with Crippen molar-refractivity contribution in [3.63, 3.8) is 0 Å². The lowest BCUT2D eigenvalue weighted by molar-refractivity contribution is 0.0848. The van der Waals surface area contributed by atoms with Gasteiger partial charge >= 0.3 is 0 Å². The van der Waals surface area contributed by atoms with Crippen LogP contribution in [0.1, 0.15) is 32.1 Å². The van der Waals surface area contributed by atoms with Gasteiger partial charge in [-0.25, -0.2) is 0 Å². The molecule has 0 heterocycles. The summed E-state index contributed by atoms with van der Waals surface area (Å²) in [4.78, 5) is 0. The predicted octanol–water partition coefficient (Wildman–Crippen LogP) is 1.85. The Morgan fingerprint density at radius 1 is 1.67 bits per heavy atom. The van der Waals surface area contributed by atoms with Crippen LogP contribution < -0.4 is 5.73 Å². The van der Waals surface area contributed by atoms with Gasteiger partial charge in [0.2, 0.25) is 0 Å². The standard InChI is InChI=1S/C10H19NO/c1-12-10-6-2-4-9(8-10)5-3-7-11/h5,10H,2-4,6-8,11H2,1H3/b9-5-. The summed E-state index contributed by atoms with van der Waals surface area (Å²) in [5.41, 5.74) is 6.98. The van der Waals surface area contributed by atoms with Crippen LogP contribution in [0.25, 0.3) is 0 Å². The maximum absolute atomic E-state index is 5.44. The Kier molecular flexibility index (Phi) is 4.33. The highest BCUT2D eigenvalue weighted by molar-refractivity contribution is 5.06. The molecular formula is C10H19NO. The molecule has 2 nitrogen and oxygen atoms in total. The summed E-state index contributed by atoms with van der Waals surface area (Å²) in [5, 5.41) is 0. The Balaban J connectivity index is 2.34. The average molecular weight is 169 g/mol. The van der Waals surface area contributed by atoms with Gasteiger partial charge < -0.3 is 10.5 Å². The lowest BCUT2D eigenvalue weighted by Gasteiger charge is -2.22. The van der Waals surface area contributed by atoms with Crippen LogP contribution in [0.15, 0.2) is 11.6 Å². The van der Waals surface area contributed by atoms with Crippen molar-refractivity contribution in [1.82, 2.24) is 0 Å². The molecule has 0 aliphatic heterocycles. The summed E-state index contributed by atoms with van der Waals surface area (Å²) >= 11 is 0. The fourth-order valence-corrected chi connectivity index (χ4v) is 1.73. The minimum atomic E-state index is 0.461. The van der Waals surface area contributed by atoms with E-state index in [1.165, 1.54) is 19.3 Å². The van der Waals surface area contributed by atoms with Crippen LogP contribution in [0.4, 0.5) is 0 Å². The summed E-state index contributed by atoms with van der Waals surface area (Å²) in [6.45, 7) is 0.765. The van der Waals surface area contributed by atoms with Gasteiger partial charge in [-0.15, -0.1) is 0 Å². The van der Waals surface area contributed by atoms with E-state index in [0.29, 0.717) is 6.10 Å². The first-order valence-electron chi connectivity index (χ1n) is 4.77. The minimum absolute atomic E-state index is 0.461. The monoisotopic (exact) mass is 169 g/mol. The summed E-state index contributed by atoms with van der Waals surface area (Å²) in [7, 11) is 1.80. The van der Waals surface area contributed by atoms with Gasteiger partial charge in [-0.05, 0) is 38.6 Å². The summed E-state index contributed by atoms with van der Waals surface area (Å²) < 4.78 is 5.33. The molecule has 1 fully saturated rings. The normalized spacial score (nSPS) is 27.8. The van der Waals surface area contributed by atoms with Crippen LogP contribution in [0.2, 0.25) is 0 Å². The van der Waals surface area contributed by atoms with E-state index in [0.717, 1.165) is 19.4 Å². The number of methoxy groups -OCH3 is 1. The fourth-order valence-electron chi connectivity index (χ4n) is 1.73. The molecule has 1 atom stereocenters. The lowest BCUT2D eigenvalue weighted by Crippen LogP contribution is -2.16. The molecule has 12 heavy (non-hydrogen) atoms. The first-order valence-corrected chi connectivity index (χ1v) is 4.77. The molecule has 0 radical (unpaired) electrons. The van der Waals surface area contributed by atoms with E-state index >= 15 is 0 Å². The SMILES string of the molecule is COC1CCC/C(=C/CCN)C1. The van der Waals surface area contributed by atoms with Crippen molar-refractivity contribution in [2.75, 3.05) is 13.7 Å². The van der Waals surface area contributed by atoms with E-state index in [-0.39, 0.29) is 0 Å². The number of hydrogen-bond acceptors (Lipinski definition) is 2. The molecule has 0 aromatic heterocycles. The molecule has 1 aliphatic carbocycles. The van der Waals surface area contributed by atoms with Gasteiger partial charge in [0.05, 0.1) is 6.10 Å². The third-order valence-electron chi connectivity index (χ3n) is 2.45. The highest BCUT2D eigenvalue weighted by atomic mass is 16.5. The second kappa shape index (κ2) is 5.33. The van der Waals surface area contributed by atoms with Crippen LogP contribution in [-0.4, -0.2) is 19.8 Å². The molecule has 2 N–H and O–H groups in total. The third kappa shape index (κ3) is 2.95. The molecule has 0 aromatic rings. The van der Waals surface area contributed by atoms with Crippen LogP contribution >= 0.6 is 0 Å². The van der Waals surface area contributed by atoms with Crippen molar-refractivity contribution in [3.8, 4) is 0 Å². The lowest BCUT2D eigenvalue weighted by atomic mass is 9.92. The molecule has 0 saturated heterocycles. The van der Waals surface area contributed by atoms with Gasteiger partial charge in [-0.2, -0.15) is 0 Å². The zero-order chi connectivity index (χ0) is 8.81. The predicted molar refractivity (Wildman–Crippen MR) is 51.0 cm³/mol. The Labute approximate surface area is 74.8 Å². The Hall–Kier alpha value is -0.340. The number of ether oxygens (including phenoxy) is 1. The topological polar surface area (TPSA) is 35.2 Å². The molecule has 1 unspecified atom stereocenters. The van der Waals surface area contributed by atoms with E-state index in [9.17, 15) is 0 Å². The highest BCUT2D eigenvalue weighted by Crippen LogP contribution is 2.25. The molecule has 70 valence electrons.